The van der Waals surface area contributed by atoms with Gasteiger partial charge in [-0.2, -0.15) is 0 Å². The first kappa shape index (κ1) is 14.6. The van der Waals surface area contributed by atoms with Gasteiger partial charge in [0.1, 0.15) is 0 Å². The maximum atomic E-state index is 2.66. The fourth-order valence-electron chi connectivity index (χ4n) is 3.91. The van der Waals surface area contributed by atoms with E-state index in [4.69, 9.17) is 0 Å². The van der Waals surface area contributed by atoms with Gasteiger partial charge in [0.15, 0.2) is 0 Å². The summed E-state index contributed by atoms with van der Waals surface area (Å²) in [5.74, 6) is 0.903. The third-order valence-electron chi connectivity index (χ3n) is 5.12. The van der Waals surface area contributed by atoms with Crippen LogP contribution in [0, 0.1) is 5.92 Å². The molecule has 21 heavy (non-hydrogen) atoms. The second-order valence-corrected chi connectivity index (χ2v) is 6.39. The Morgan fingerprint density at radius 1 is 0.952 bits per heavy atom. The van der Waals surface area contributed by atoms with Crippen LogP contribution in [0.5, 0.6) is 0 Å². The third kappa shape index (κ3) is 2.73. The number of nitrogens with zero attached hydrogens (tertiary/aromatic N) is 1. The molecule has 2 aliphatic rings. The quantitative estimate of drug-likeness (QED) is 0.827. The fraction of sp³-hybridized carbons (Fsp3) is 0.368. The van der Waals surface area contributed by atoms with Crippen molar-refractivity contribution in [3.63, 3.8) is 0 Å². The van der Waals surface area contributed by atoms with Crippen LogP contribution in [0.4, 0.5) is 0 Å². The first-order valence-corrected chi connectivity index (χ1v) is 7.69. The first-order valence-electron chi connectivity index (χ1n) is 7.69. The Kier molecular flexibility index (Phi) is 4.05. The molecule has 0 radical (unpaired) electrons. The Morgan fingerprint density at radius 2 is 1.62 bits per heavy atom. The zero-order valence-electron chi connectivity index (χ0n) is 12.2. The third-order valence-corrected chi connectivity index (χ3v) is 5.12. The van der Waals surface area contributed by atoms with E-state index in [-0.39, 0.29) is 12.4 Å². The van der Waals surface area contributed by atoms with Crippen molar-refractivity contribution in [2.45, 2.75) is 18.3 Å². The van der Waals surface area contributed by atoms with Gasteiger partial charge < -0.3 is 4.90 Å². The molecule has 0 aromatic heterocycles. The van der Waals surface area contributed by atoms with Crippen molar-refractivity contribution in [2.75, 3.05) is 19.6 Å². The number of rotatable bonds is 4. The molecule has 4 rings (SSSR count). The lowest BCUT2D eigenvalue weighted by molar-refractivity contribution is 0.302. The first-order chi connectivity index (χ1) is 9.87. The van der Waals surface area contributed by atoms with Crippen molar-refractivity contribution < 1.29 is 0 Å². The summed E-state index contributed by atoms with van der Waals surface area (Å²) in [4.78, 5) is 2.66. The van der Waals surface area contributed by atoms with Crippen LogP contribution in [0.25, 0.3) is 0 Å². The number of halogens is 1. The Balaban J connectivity index is 0.00000132. The molecule has 1 aliphatic carbocycles. The van der Waals surface area contributed by atoms with Gasteiger partial charge in [0.05, 0.1) is 0 Å². The van der Waals surface area contributed by atoms with Crippen molar-refractivity contribution in [1.29, 1.82) is 0 Å². The molecule has 0 bridgehead atoms. The second kappa shape index (κ2) is 5.82. The van der Waals surface area contributed by atoms with E-state index in [1.54, 1.807) is 5.56 Å². The normalized spacial score (nSPS) is 27.0. The van der Waals surface area contributed by atoms with Gasteiger partial charge in [0.25, 0.3) is 0 Å². The summed E-state index contributed by atoms with van der Waals surface area (Å²) >= 11 is 0. The molecule has 0 amide bonds. The molecule has 2 heteroatoms. The van der Waals surface area contributed by atoms with Crippen LogP contribution >= 0.6 is 12.4 Å². The van der Waals surface area contributed by atoms with Crippen molar-refractivity contribution in [3.05, 3.63) is 71.8 Å². The van der Waals surface area contributed by atoms with E-state index in [1.807, 2.05) is 0 Å². The molecular weight excluding hydrogens is 278 g/mol. The van der Waals surface area contributed by atoms with Gasteiger partial charge in [-0.05, 0) is 29.9 Å². The van der Waals surface area contributed by atoms with Crippen LogP contribution in [0.15, 0.2) is 60.7 Å². The van der Waals surface area contributed by atoms with Crippen LogP contribution in [-0.4, -0.2) is 24.5 Å². The molecule has 0 N–H and O–H groups in total. The minimum atomic E-state index is 0. The molecular formula is C19H22ClN. The summed E-state index contributed by atoms with van der Waals surface area (Å²) in [6.07, 6.45) is 2.58. The van der Waals surface area contributed by atoms with Crippen molar-refractivity contribution >= 4 is 12.4 Å². The van der Waals surface area contributed by atoms with E-state index in [2.05, 4.69) is 65.6 Å². The molecule has 1 saturated heterocycles. The molecule has 110 valence electrons. The van der Waals surface area contributed by atoms with E-state index < -0.39 is 0 Å². The van der Waals surface area contributed by atoms with E-state index >= 15 is 0 Å². The lowest BCUT2D eigenvalue weighted by Crippen LogP contribution is -2.28. The summed E-state index contributed by atoms with van der Waals surface area (Å²) in [5, 5.41) is 0. The van der Waals surface area contributed by atoms with Crippen LogP contribution in [0.2, 0.25) is 0 Å². The van der Waals surface area contributed by atoms with Crippen molar-refractivity contribution in [3.8, 4) is 0 Å². The molecule has 0 spiro atoms. The van der Waals surface area contributed by atoms with Crippen LogP contribution in [0.3, 0.4) is 0 Å². The van der Waals surface area contributed by atoms with Gasteiger partial charge >= 0.3 is 0 Å². The van der Waals surface area contributed by atoms with Gasteiger partial charge in [-0.15, -0.1) is 12.4 Å². The molecule has 2 atom stereocenters. The molecule has 2 unspecified atom stereocenters. The number of hydrogen-bond donors (Lipinski definition) is 0. The number of likely N-dealkylation sites (tertiary alicyclic amines) is 1. The molecule has 1 saturated carbocycles. The Hall–Kier alpha value is -1.31. The summed E-state index contributed by atoms with van der Waals surface area (Å²) in [7, 11) is 0. The minimum Gasteiger partial charge on any atom is -0.302 e. The number of benzene rings is 2. The fourth-order valence-corrected chi connectivity index (χ4v) is 3.91. The summed E-state index contributed by atoms with van der Waals surface area (Å²) in [5.41, 5.74) is 3.52. The smallest absolute Gasteiger partial charge is 0.0124 e. The Bertz CT molecular complexity index is 583. The number of piperidine rings is 1. The highest BCUT2D eigenvalue weighted by atomic mass is 35.5. The number of hydrogen-bond acceptors (Lipinski definition) is 1. The molecule has 1 aliphatic heterocycles. The highest BCUT2D eigenvalue weighted by Crippen LogP contribution is 2.58. The second-order valence-electron chi connectivity index (χ2n) is 6.39. The molecule has 2 aromatic rings. The molecule has 1 heterocycles. The summed E-state index contributed by atoms with van der Waals surface area (Å²) in [6, 6.07) is 22.0. The molecule has 2 aromatic carbocycles. The zero-order chi connectivity index (χ0) is 13.4. The van der Waals surface area contributed by atoms with Gasteiger partial charge in [0.2, 0.25) is 0 Å². The lowest BCUT2D eigenvalue weighted by atomic mass is 9.95. The molecule has 2 fully saturated rings. The topological polar surface area (TPSA) is 3.24 Å². The standard InChI is InChI=1S/C19H21N.ClH/c1-3-7-16(8-4-1)11-12-20-14-18-13-19(18,15-20)17-9-5-2-6-10-17;/h1-10,18H,11-15H2;1H. The predicted octanol–water partition coefficient (Wildman–Crippen LogP) is 3.92. The van der Waals surface area contributed by atoms with E-state index in [1.165, 1.54) is 38.0 Å². The maximum Gasteiger partial charge on any atom is 0.0124 e. The predicted molar refractivity (Wildman–Crippen MR) is 90.1 cm³/mol. The average molecular weight is 300 g/mol. The van der Waals surface area contributed by atoms with Crippen molar-refractivity contribution in [2.24, 2.45) is 5.92 Å². The average Bonchev–Trinajstić information content (AvgIpc) is 3.10. The van der Waals surface area contributed by atoms with Crippen LogP contribution < -0.4 is 0 Å². The van der Waals surface area contributed by atoms with Gasteiger partial charge in [-0.25, -0.2) is 0 Å². The van der Waals surface area contributed by atoms with Gasteiger partial charge in [0, 0.05) is 25.0 Å². The summed E-state index contributed by atoms with van der Waals surface area (Å²) in [6.45, 7) is 3.76. The SMILES string of the molecule is Cl.c1ccc(CCN2CC3CC3(c3ccccc3)C2)cc1. The largest absolute Gasteiger partial charge is 0.302 e. The van der Waals surface area contributed by atoms with Crippen molar-refractivity contribution in [1.82, 2.24) is 4.90 Å². The highest BCUT2D eigenvalue weighted by molar-refractivity contribution is 5.85. The number of fused-ring (bicyclic) bond motifs is 1. The van der Waals surface area contributed by atoms with Gasteiger partial charge in [-0.3, -0.25) is 0 Å². The lowest BCUT2D eigenvalue weighted by Gasteiger charge is -2.21. The zero-order valence-corrected chi connectivity index (χ0v) is 13.1. The van der Waals surface area contributed by atoms with Gasteiger partial charge in [-0.1, -0.05) is 60.7 Å². The monoisotopic (exact) mass is 299 g/mol. The van der Waals surface area contributed by atoms with E-state index in [0.717, 1.165) is 5.92 Å². The summed E-state index contributed by atoms with van der Waals surface area (Å²) < 4.78 is 0. The van der Waals surface area contributed by atoms with Crippen LogP contribution in [-0.2, 0) is 11.8 Å². The Labute approximate surface area is 133 Å². The molecule has 1 nitrogen and oxygen atoms in total. The van der Waals surface area contributed by atoms with E-state index in [0.29, 0.717) is 5.41 Å². The minimum absolute atomic E-state index is 0. The van der Waals surface area contributed by atoms with E-state index in [9.17, 15) is 0 Å². The Morgan fingerprint density at radius 3 is 2.33 bits per heavy atom. The van der Waals surface area contributed by atoms with Crippen LogP contribution in [0.1, 0.15) is 17.5 Å². The maximum absolute atomic E-state index is 2.66. The highest BCUT2D eigenvalue weighted by Gasteiger charge is 2.60.